The summed E-state index contributed by atoms with van der Waals surface area (Å²) in [5, 5.41) is 9.28. The molecule has 7 heteroatoms. The van der Waals surface area contributed by atoms with Gasteiger partial charge in [0.25, 0.3) is 0 Å². The molecule has 0 bridgehead atoms. The first-order valence-corrected chi connectivity index (χ1v) is 7.56. The van der Waals surface area contributed by atoms with Crippen molar-refractivity contribution < 1.29 is 13.5 Å². The minimum Gasteiger partial charge on any atom is -0.393 e. The Kier molecular flexibility index (Phi) is 5.20. The third-order valence-electron chi connectivity index (χ3n) is 2.05. The molecule has 1 atom stereocenters. The molecule has 2 N–H and O–H groups in total. The van der Waals surface area contributed by atoms with Gasteiger partial charge in [0.1, 0.15) is 4.21 Å². The molecule has 0 radical (unpaired) electrons. The van der Waals surface area contributed by atoms with Crippen molar-refractivity contribution in [3.05, 3.63) is 16.5 Å². The molecule has 1 aromatic rings. The van der Waals surface area contributed by atoms with Gasteiger partial charge in [-0.05, 0) is 25.0 Å². The molecule has 0 saturated carbocycles. The Balaban J connectivity index is 2.53. The molecule has 0 fully saturated rings. The van der Waals surface area contributed by atoms with Crippen LogP contribution in [0.2, 0.25) is 4.34 Å². The van der Waals surface area contributed by atoms with E-state index in [4.69, 9.17) is 11.6 Å². The highest BCUT2D eigenvalue weighted by Gasteiger charge is 2.16. The molecule has 1 aromatic heterocycles. The Labute approximate surface area is 104 Å². The molecular weight excluding hydrogens is 270 g/mol. The number of aliphatic hydroxyl groups is 1. The van der Waals surface area contributed by atoms with E-state index in [2.05, 4.69) is 4.72 Å². The highest BCUT2D eigenvalue weighted by molar-refractivity contribution is 7.91. The maximum atomic E-state index is 11.7. The highest BCUT2D eigenvalue weighted by Crippen LogP contribution is 2.25. The molecule has 0 aliphatic heterocycles. The van der Waals surface area contributed by atoms with Gasteiger partial charge in [0.15, 0.2) is 0 Å². The van der Waals surface area contributed by atoms with Crippen molar-refractivity contribution in [2.45, 2.75) is 30.1 Å². The van der Waals surface area contributed by atoms with E-state index in [0.717, 1.165) is 11.3 Å². The van der Waals surface area contributed by atoms with Crippen LogP contribution >= 0.6 is 22.9 Å². The minimum absolute atomic E-state index is 0.198. The summed E-state index contributed by atoms with van der Waals surface area (Å²) in [6.07, 6.45) is 0.566. The highest BCUT2D eigenvalue weighted by atomic mass is 35.5. The number of thiophene rings is 1. The first-order valence-electron chi connectivity index (χ1n) is 4.88. The summed E-state index contributed by atoms with van der Waals surface area (Å²) >= 11 is 6.67. The summed E-state index contributed by atoms with van der Waals surface area (Å²) in [7, 11) is -3.47. The molecule has 0 aliphatic carbocycles. The molecule has 0 spiro atoms. The number of aliphatic hydroxyl groups excluding tert-OH is 1. The van der Waals surface area contributed by atoms with Crippen molar-refractivity contribution in [1.29, 1.82) is 0 Å². The zero-order valence-corrected chi connectivity index (χ0v) is 11.2. The number of hydrogen-bond donors (Lipinski definition) is 2. The average Bonchev–Trinajstić information content (AvgIpc) is 2.65. The molecule has 1 unspecified atom stereocenters. The fourth-order valence-corrected chi connectivity index (χ4v) is 3.65. The van der Waals surface area contributed by atoms with Crippen LogP contribution in [0.5, 0.6) is 0 Å². The Bertz CT molecular complexity index is 430. The molecule has 92 valence electrons. The number of hydrogen-bond acceptors (Lipinski definition) is 4. The van der Waals surface area contributed by atoms with Crippen molar-refractivity contribution in [1.82, 2.24) is 4.72 Å². The van der Waals surface area contributed by atoms with Gasteiger partial charge < -0.3 is 5.11 Å². The molecule has 0 saturated heterocycles. The monoisotopic (exact) mass is 283 g/mol. The van der Waals surface area contributed by atoms with Gasteiger partial charge in [0.05, 0.1) is 10.4 Å². The fraction of sp³-hybridized carbons (Fsp3) is 0.556. The summed E-state index contributed by atoms with van der Waals surface area (Å²) in [6.45, 7) is 2.07. The second kappa shape index (κ2) is 5.97. The summed E-state index contributed by atoms with van der Waals surface area (Å²) in [4.78, 5) is 0. The van der Waals surface area contributed by atoms with E-state index < -0.39 is 16.1 Å². The van der Waals surface area contributed by atoms with Crippen LogP contribution in [0.15, 0.2) is 16.3 Å². The van der Waals surface area contributed by atoms with Crippen LogP contribution in [0.4, 0.5) is 0 Å². The third kappa shape index (κ3) is 4.03. The van der Waals surface area contributed by atoms with E-state index >= 15 is 0 Å². The lowest BCUT2D eigenvalue weighted by molar-refractivity contribution is 0.162. The smallest absolute Gasteiger partial charge is 0.250 e. The van der Waals surface area contributed by atoms with E-state index in [1.165, 1.54) is 6.07 Å². The Morgan fingerprint density at radius 3 is 2.75 bits per heavy atom. The van der Waals surface area contributed by atoms with Crippen LogP contribution < -0.4 is 4.72 Å². The largest absolute Gasteiger partial charge is 0.393 e. The van der Waals surface area contributed by atoms with Gasteiger partial charge in [-0.15, -0.1) is 11.3 Å². The topological polar surface area (TPSA) is 66.4 Å². The molecule has 4 nitrogen and oxygen atoms in total. The predicted octanol–water partition coefficient (Wildman–Crippen LogP) is 1.84. The van der Waals surface area contributed by atoms with Crippen molar-refractivity contribution in [2.75, 3.05) is 6.54 Å². The lowest BCUT2D eigenvalue weighted by atomic mass is 10.2. The Hall–Kier alpha value is -0.140. The quantitative estimate of drug-likeness (QED) is 0.837. The zero-order chi connectivity index (χ0) is 12.2. The van der Waals surface area contributed by atoms with E-state index in [9.17, 15) is 13.5 Å². The van der Waals surface area contributed by atoms with Crippen LogP contribution in [-0.4, -0.2) is 26.2 Å². The van der Waals surface area contributed by atoms with E-state index in [0.29, 0.717) is 17.2 Å². The van der Waals surface area contributed by atoms with Crippen LogP contribution in [0.1, 0.15) is 19.8 Å². The van der Waals surface area contributed by atoms with E-state index in [1.54, 1.807) is 6.07 Å². The second-order valence-electron chi connectivity index (χ2n) is 3.31. The Morgan fingerprint density at radius 2 is 2.25 bits per heavy atom. The molecule has 0 aliphatic rings. The van der Waals surface area contributed by atoms with Gasteiger partial charge in [-0.2, -0.15) is 0 Å². The Morgan fingerprint density at radius 1 is 1.56 bits per heavy atom. The van der Waals surface area contributed by atoms with Crippen molar-refractivity contribution in [3.8, 4) is 0 Å². The van der Waals surface area contributed by atoms with Crippen molar-refractivity contribution in [3.63, 3.8) is 0 Å². The lowest BCUT2D eigenvalue weighted by Crippen LogP contribution is -2.26. The van der Waals surface area contributed by atoms with Crippen LogP contribution in [-0.2, 0) is 10.0 Å². The molecule has 16 heavy (non-hydrogen) atoms. The third-order valence-corrected chi connectivity index (χ3v) is 5.24. The van der Waals surface area contributed by atoms with Gasteiger partial charge in [0, 0.05) is 6.54 Å². The first kappa shape index (κ1) is 13.9. The van der Waals surface area contributed by atoms with Crippen LogP contribution in [0, 0.1) is 0 Å². The van der Waals surface area contributed by atoms with Gasteiger partial charge in [-0.25, -0.2) is 13.1 Å². The van der Waals surface area contributed by atoms with E-state index in [1.807, 2.05) is 6.92 Å². The molecule has 0 amide bonds. The number of nitrogens with one attached hydrogen (secondary N) is 1. The standard InChI is InChI=1S/C9H14ClNO3S2/c1-2-7(12)5-6-11-16(13,14)9-4-3-8(10)15-9/h3-4,7,11-12H,2,5-6H2,1H3. The van der Waals surface area contributed by atoms with Crippen LogP contribution in [0.25, 0.3) is 0 Å². The summed E-state index contributed by atoms with van der Waals surface area (Å²) in [5.74, 6) is 0. The summed E-state index contributed by atoms with van der Waals surface area (Å²) < 4.78 is 26.4. The predicted molar refractivity (Wildman–Crippen MR) is 65.4 cm³/mol. The lowest BCUT2D eigenvalue weighted by Gasteiger charge is -2.08. The number of halogens is 1. The van der Waals surface area contributed by atoms with Crippen LogP contribution in [0.3, 0.4) is 0 Å². The molecule has 1 heterocycles. The first-order chi connectivity index (χ1) is 7.45. The normalized spacial score (nSPS) is 13.9. The van der Waals surface area contributed by atoms with Crippen molar-refractivity contribution >= 4 is 33.0 Å². The maximum Gasteiger partial charge on any atom is 0.250 e. The van der Waals surface area contributed by atoms with Crippen molar-refractivity contribution in [2.24, 2.45) is 0 Å². The zero-order valence-electron chi connectivity index (χ0n) is 8.81. The molecular formula is C9H14ClNO3S2. The number of sulfonamides is 1. The fourth-order valence-electron chi connectivity index (χ4n) is 1.08. The number of rotatable bonds is 6. The van der Waals surface area contributed by atoms with Gasteiger partial charge in [0.2, 0.25) is 10.0 Å². The summed E-state index contributed by atoms with van der Waals surface area (Å²) in [5.41, 5.74) is 0. The SMILES string of the molecule is CCC(O)CCNS(=O)(=O)c1ccc(Cl)s1. The van der Waals surface area contributed by atoms with Gasteiger partial charge >= 0.3 is 0 Å². The molecule has 0 aromatic carbocycles. The minimum atomic E-state index is -3.47. The second-order valence-corrected chi connectivity index (χ2v) is 7.02. The maximum absolute atomic E-state index is 11.7. The van der Waals surface area contributed by atoms with Gasteiger partial charge in [-0.1, -0.05) is 18.5 Å². The van der Waals surface area contributed by atoms with E-state index in [-0.39, 0.29) is 10.8 Å². The summed E-state index contributed by atoms with van der Waals surface area (Å²) in [6, 6.07) is 3.01. The average molecular weight is 284 g/mol. The van der Waals surface area contributed by atoms with Gasteiger partial charge in [-0.3, -0.25) is 0 Å². The molecule has 1 rings (SSSR count).